The third-order valence-electron chi connectivity index (χ3n) is 18.9. The molecule has 0 unspecified atom stereocenters. The number of ether oxygens (including phenoxy) is 4. The Morgan fingerprint density at radius 3 is 0.841 bits per heavy atom. The summed E-state index contributed by atoms with van der Waals surface area (Å²) in [6, 6.07) is 71.0. The van der Waals surface area contributed by atoms with E-state index in [9.17, 15) is 70.1 Å². The van der Waals surface area contributed by atoms with Crippen LogP contribution in [0.15, 0.2) is 267 Å². The van der Waals surface area contributed by atoms with Gasteiger partial charge in [-0.1, -0.05) is 132 Å². The van der Waals surface area contributed by atoms with Crippen LogP contribution in [0.4, 0.5) is 5.69 Å². The summed E-state index contributed by atoms with van der Waals surface area (Å²) in [7, 11) is 5.23. The van der Waals surface area contributed by atoms with E-state index in [2.05, 4.69) is 59.8 Å². The zero-order valence-corrected chi connectivity index (χ0v) is 68.0. The molecule has 4 heterocycles. The first kappa shape index (κ1) is 86.5. The fraction of sp³-hybridized carbons (Fsp3) is 0.0638. The SMILES string of the molecule is COC(=O)c1ccc(-c2nc(-c3ccccc3O)nc(-c3c(C)cccc3O)n2)cc1.COC(=O)c1ccc(-c2nc(-c3ccccc3O)nc(-c3cc(C)ccc3O)n2)cc1.COC(=O)c1ccc(-c2nc(-c3ccccc3O)nc(-c3cc(Cl)ccc3O)n2)cc1.COC(=O)c1ccc(-c2nc(-c3ccccc3O)nc(-c3cc([N+](=O)[O-])ccc3O)n2)cc1. The summed E-state index contributed by atoms with van der Waals surface area (Å²) in [6.45, 7) is 3.75. The molecule has 8 N–H and O–H groups in total. The number of aromatic hydroxyl groups is 8. The monoisotopic (exact) mass is 1700 g/mol. The molecule has 0 radical (unpaired) electrons. The lowest BCUT2D eigenvalue weighted by Crippen LogP contribution is -2.03. The molecule has 0 aliphatic rings. The minimum atomic E-state index is -0.597. The van der Waals surface area contributed by atoms with Gasteiger partial charge in [0.25, 0.3) is 5.69 Å². The van der Waals surface area contributed by atoms with Gasteiger partial charge < -0.3 is 59.8 Å². The highest BCUT2D eigenvalue weighted by molar-refractivity contribution is 6.31. The van der Waals surface area contributed by atoms with Crippen molar-refractivity contribution in [1.82, 2.24) is 59.8 Å². The number of aromatic nitrogens is 12. The number of carbonyl (C=O) groups excluding carboxylic acids is 4. The average molecular weight is 1710 g/mol. The number of hydrogen-bond acceptors (Lipinski definition) is 30. The zero-order valence-electron chi connectivity index (χ0n) is 67.3. The smallest absolute Gasteiger partial charge is 0.337 e. The standard InChI is InChI=1S/2C24H19N3O4.C23H16ClN3O4.C23H16N4O6/c1-14-6-5-9-19(29)20(14)23-26-21(15-10-12-16(13-11-15)24(30)31-2)25-22(27-23)17-7-3-4-8-18(17)28;1-14-7-12-20(29)18(13-14)23-26-21(15-8-10-16(11-9-15)24(30)31-2)25-22(27-23)17-5-3-4-6-19(17)28;1-31-23(30)14-8-6-13(7-9-14)20-25-21(16-4-2-3-5-18(16)28)27-22(26-20)17-12-15(24)10-11-19(17)29;1-33-23(30)14-8-6-13(7-9-14)20-24-21(16-4-2-3-5-18(16)28)26-22(25-20)17-12-15(27(31)32)10-11-19(17)29/h2*3-13,28-29H,1-2H3;2-12,28-29H,1H3;2-12,28-29H,1H3. The number of nitro benzene ring substituents is 1. The number of carbonyl (C=O) groups is 4. The summed E-state index contributed by atoms with van der Waals surface area (Å²) in [4.78, 5) is 111. The molecule has 0 aliphatic heterocycles. The molecule has 32 heteroatoms. The maximum absolute atomic E-state index is 11.7. The van der Waals surface area contributed by atoms with Crippen LogP contribution in [0.2, 0.25) is 5.02 Å². The van der Waals surface area contributed by atoms with Crippen LogP contribution in [0.25, 0.3) is 137 Å². The number of nitro groups is 1. The van der Waals surface area contributed by atoms with Crippen LogP contribution in [-0.2, 0) is 18.9 Å². The normalized spacial score (nSPS) is 10.6. The van der Waals surface area contributed by atoms with Gasteiger partial charge in [-0.05, 0) is 159 Å². The van der Waals surface area contributed by atoms with Crippen molar-refractivity contribution in [3.05, 3.63) is 315 Å². The van der Waals surface area contributed by atoms with E-state index < -0.39 is 28.8 Å². The number of phenolic OH excluding ortho intramolecular Hbond substituents is 8. The lowest BCUT2D eigenvalue weighted by molar-refractivity contribution is -0.384. The van der Waals surface area contributed by atoms with Crippen LogP contribution in [-0.4, -0.2) is 158 Å². The molecule has 0 spiro atoms. The molecular weight excluding hydrogens is 1630 g/mol. The van der Waals surface area contributed by atoms with Gasteiger partial charge in [0, 0.05) is 39.4 Å². The first-order valence-corrected chi connectivity index (χ1v) is 38.1. The van der Waals surface area contributed by atoms with Crippen molar-refractivity contribution in [3.8, 4) is 183 Å². The molecule has 16 rings (SSSR count). The minimum absolute atomic E-state index is 0.00181. The topological polar surface area (TPSA) is 465 Å². The Labute approximate surface area is 721 Å². The van der Waals surface area contributed by atoms with Gasteiger partial charge in [-0.2, -0.15) is 0 Å². The molecule has 12 aromatic carbocycles. The van der Waals surface area contributed by atoms with Crippen molar-refractivity contribution < 1.29 is 83.9 Å². The minimum Gasteiger partial charge on any atom is -0.507 e. The fourth-order valence-corrected chi connectivity index (χ4v) is 12.6. The molecule has 0 atom stereocenters. The molecule has 16 aromatic rings. The van der Waals surface area contributed by atoms with E-state index >= 15 is 0 Å². The lowest BCUT2D eigenvalue weighted by atomic mass is 10.1. The largest absolute Gasteiger partial charge is 0.507 e. The lowest BCUT2D eigenvalue weighted by Gasteiger charge is -2.11. The summed E-state index contributed by atoms with van der Waals surface area (Å²) in [5.41, 5.74) is 8.23. The van der Waals surface area contributed by atoms with Crippen LogP contribution < -0.4 is 0 Å². The zero-order chi connectivity index (χ0) is 89.4. The Kier molecular flexibility index (Phi) is 26.6. The Balaban J connectivity index is 0.000000144. The fourth-order valence-electron chi connectivity index (χ4n) is 12.4. The molecule has 0 bridgehead atoms. The van der Waals surface area contributed by atoms with Crippen LogP contribution >= 0.6 is 11.6 Å². The van der Waals surface area contributed by atoms with E-state index in [-0.39, 0.29) is 110 Å². The molecular formula is C94H70ClN13O18. The van der Waals surface area contributed by atoms with Crippen LogP contribution in [0.3, 0.4) is 0 Å². The second-order valence-corrected chi connectivity index (χ2v) is 27.6. The molecule has 0 fully saturated rings. The van der Waals surface area contributed by atoms with Crippen molar-refractivity contribution in [3.63, 3.8) is 0 Å². The molecule has 0 saturated heterocycles. The number of hydrogen-bond donors (Lipinski definition) is 8. The third-order valence-corrected chi connectivity index (χ3v) is 19.1. The number of phenols is 8. The van der Waals surface area contributed by atoms with E-state index in [1.165, 1.54) is 64.8 Å². The second kappa shape index (κ2) is 38.8. The Morgan fingerprint density at radius 1 is 0.278 bits per heavy atom. The van der Waals surface area contributed by atoms with Crippen LogP contribution in [0.1, 0.15) is 52.6 Å². The van der Waals surface area contributed by atoms with Gasteiger partial charge in [0.05, 0.1) is 100 Å². The van der Waals surface area contributed by atoms with Crippen molar-refractivity contribution in [2.75, 3.05) is 28.4 Å². The maximum Gasteiger partial charge on any atom is 0.337 e. The van der Waals surface area contributed by atoms with E-state index in [1.54, 1.807) is 212 Å². The third kappa shape index (κ3) is 20.1. The van der Waals surface area contributed by atoms with Crippen LogP contribution in [0.5, 0.6) is 46.0 Å². The van der Waals surface area contributed by atoms with Crippen molar-refractivity contribution in [2.24, 2.45) is 0 Å². The summed E-state index contributed by atoms with van der Waals surface area (Å²) in [6.07, 6.45) is 0. The first-order valence-electron chi connectivity index (χ1n) is 37.8. The molecule has 0 amide bonds. The summed E-state index contributed by atoms with van der Waals surface area (Å²) in [5, 5.41) is 94.4. The van der Waals surface area contributed by atoms with Crippen molar-refractivity contribution in [1.29, 1.82) is 0 Å². The molecule has 626 valence electrons. The number of nitrogens with zero attached hydrogens (tertiary/aromatic N) is 13. The van der Waals surface area contributed by atoms with Gasteiger partial charge >= 0.3 is 23.9 Å². The summed E-state index contributed by atoms with van der Waals surface area (Å²) >= 11 is 6.10. The van der Waals surface area contributed by atoms with Gasteiger partial charge in [0.15, 0.2) is 69.9 Å². The van der Waals surface area contributed by atoms with Gasteiger partial charge in [0.2, 0.25) is 0 Å². The van der Waals surface area contributed by atoms with E-state index in [4.69, 9.17) is 30.5 Å². The number of halogens is 1. The number of non-ortho nitro benzene ring substituents is 1. The molecule has 0 aliphatic carbocycles. The number of methoxy groups -OCH3 is 4. The van der Waals surface area contributed by atoms with Gasteiger partial charge in [0.1, 0.15) is 46.0 Å². The molecule has 0 saturated carbocycles. The van der Waals surface area contributed by atoms with Gasteiger partial charge in [-0.3, -0.25) is 10.1 Å². The highest BCUT2D eigenvalue weighted by atomic mass is 35.5. The Hall–Kier alpha value is -17.4. The van der Waals surface area contributed by atoms with Crippen molar-refractivity contribution >= 4 is 41.2 Å². The summed E-state index contributed by atoms with van der Waals surface area (Å²) < 4.78 is 18.9. The number of aryl methyl sites for hydroxylation is 2. The predicted octanol–water partition coefficient (Wildman–Crippen LogP) is 17.5. The summed E-state index contributed by atoms with van der Waals surface area (Å²) in [5.74, 6) is 0.547. The number of rotatable bonds is 17. The first-order chi connectivity index (χ1) is 60.8. The highest BCUT2D eigenvalue weighted by Crippen LogP contribution is 2.40. The van der Waals surface area contributed by atoms with Gasteiger partial charge in [-0.25, -0.2) is 79.0 Å². The number of para-hydroxylation sites is 4. The molecule has 4 aromatic heterocycles. The van der Waals surface area contributed by atoms with Crippen LogP contribution in [0, 0.1) is 24.0 Å². The van der Waals surface area contributed by atoms with Gasteiger partial charge in [-0.15, -0.1) is 0 Å². The molecule has 126 heavy (non-hydrogen) atoms. The average Bonchev–Trinajstić information content (AvgIpc) is 0.795. The Bertz CT molecular complexity index is 6590. The van der Waals surface area contributed by atoms with Crippen molar-refractivity contribution in [2.45, 2.75) is 13.8 Å². The van der Waals surface area contributed by atoms with E-state index in [0.717, 1.165) is 23.3 Å². The number of esters is 4. The highest BCUT2D eigenvalue weighted by Gasteiger charge is 2.25. The second-order valence-electron chi connectivity index (χ2n) is 27.2. The van der Waals surface area contributed by atoms with E-state index in [0.29, 0.717) is 106 Å². The quantitative estimate of drug-likeness (QED) is 0.0182. The Morgan fingerprint density at radius 2 is 0.532 bits per heavy atom. The molecule has 31 nitrogen and oxygen atoms in total. The number of benzene rings is 12. The maximum atomic E-state index is 11.7. The van der Waals surface area contributed by atoms with E-state index in [1.807, 2.05) is 19.9 Å². The predicted molar refractivity (Wildman–Crippen MR) is 464 cm³/mol.